The molecule has 0 unspecified atom stereocenters. The molecule has 0 aliphatic heterocycles. The fourth-order valence-electron chi connectivity index (χ4n) is 0.498. The van der Waals surface area contributed by atoms with Crippen LogP contribution in [0.15, 0.2) is 0 Å². The van der Waals surface area contributed by atoms with Crippen LogP contribution < -0.4 is 22.9 Å². The SMILES string of the molecule is CCC(N)(N)OC(N)(N)CC. The molecule has 8 N–H and O–H groups in total. The van der Waals surface area contributed by atoms with Gasteiger partial charge in [0.1, 0.15) is 0 Å². The molecule has 5 nitrogen and oxygen atoms in total. The molecule has 0 amide bonds. The van der Waals surface area contributed by atoms with Gasteiger partial charge in [-0.15, -0.1) is 0 Å². The van der Waals surface area contributed by atoms with Crippen LogP contribution in [-0.2, 0) is 4.74 Å². The van der Waals surface area contributed by atoms with E-state index in [4.69, 9.17) is 27.7 Å². The molecule has 0 aromatic heterocycles. The summed E-state index contributed by atoms with van der Waals surface area (Å²) in [5, 5.41) is 0. The summed E-state index contributed by atoms with van der Waals surface area (Å²) in [5.74, 6) is -2.45. The zero-order valence-electron chi connectivity index (χ0n) is 7.13. The molecule has 0 saturated carbocycles. The molecule has 0 heterocycles. The van der Waals surface area contributed by atoms with Gasteiger partial charge in [0.2, 0.25) is 0 Å². The quantitative estimate of drug-likeness (QED) is 0.394. The van der Waals surface area contributed by atoms with Gasteiger partial charge in [-0.25, -0.2) is 0 Å². The first kappa shape index (κ1) is 10.8. The summed E-state index contributed by atoms with van der Waals surface area (Å²) in [6.45, 7) is 3.59. The fraction of sp³-hybridized carbons (Fsp3) is 1.00. The summed E-state index contributed by atoms with van der Waals surface area (Å²) in [6, 6.07) is 0. The molecular formula is C6H18N4O. The first-order valence-corrected chi connectivity index (χ1v) is 3.68. The van der Waals surface area contributed by atoms with Crippen LogP contribution in [0.5, 0.6) is 0 Å². The largest absolute Gasteiger partial charge is 0.314 e. The van der Waals surface area contributed by atoms with E-state index in [0.717, 1.165) is 0 Å². The number of nitrogens with two attached hydrogens (primary N) is 4. The van der Waals surface area contributed by atoms with E-state index >= 15 is 0 Å². The zero-order valence-corrected chi connectivity index (χ0v) is 7.13. The summed E-state index contributed by atoms with van der Waals surface area (Å²) in [5.41, 5.74) is 21.9. The Kier molecular flexibility index (Phi) is 3.40. The molecule has 68 valence electrons. The van der Waals surface area contributed by atoms with Gasteiger partial charge in [0.15, 0.2) is 11.7 Å². The average molecular weight is 162 g/mol. The standard InChI is InChI=1S/C6H18N4O/c1-3-5(7,8)11-6(9,10)4-2/h3-4,7-10H2,1-2H3. The molecule has 0 aliphatic rings. The van der Waals surface area contributed by atoms with Crippen molar-refractivity contribution in [2.75, 3.05) is 0 Å². The van der Waals surface area contributed by atoms with E-state index in [1.54, 1.807) is 13.8 Å². The van der Waals surface area contributed by atoms with E-state index in [1.165, 1.54) is 0 Å². The highest BCUT2D eigenvalue weighted by Gasteiger charge is 2.28. The van der Waals surface area contributed by atoms with E-state index in [1.807, 2.05) is 0 Å². The van der Waals surface area contributed by atoms with Crippen molar-refractivity contribution in [3.63, 3.8) is 0 Å². The van der Waals surface area contributed by atoms with E-state index < -0.39 is 11.7 Å². The van der Waals surface area contributed by atoms with Gasteiger partial charge in [0.05, 0.1) is 0 Å². The average Bonchev–Trinajstić information content (AvgIpc) is 1.86. The smallest absolute Gasteiger partial charge is 0.173 e. The Balaban J connectivity index is 4.02. The minimum Gasteiger partial charge on any atom is -0.314 e. The lowest BCUT2D eigenvalue weighted by molar-refractivity contribution is -0.151. The lowest BCUT2D eigenvalue weighted by atomic mass is 10.3. The third kappa shape index (κ3) is 4.28. The first-order chi connectivity index (χ1) is 4.83. The van der Waals surface area contributed by atoms with Crippen molar-refractivity contribution in [2.24, 2.45) is 22.9 Å². The molecular weight excluding hydrogens is 144 g/mol. The predicted molar refractivity (Wildman–Crippen MR) is 43.9 cm³/mol. The van der Waals surface area contributed by atoms with Gasteiger partial charge >= 0.3 is 0 Å². The van der Waals surface area contributed by atoms with Crippen LogP contribution in [0.3, 0.4) is 0 Å². The van der Waals surface area contributed by atoms with Crippen molar-refractivity contribution in [1.29, 1.82) is 0 Å². The normalized spacial score (nSPS) is 13.6. The second kappa shape index (κ2) is 3.46. The van der Waals surface area contributed by atoms with Crippen LogP contribution in [0.2, 0.25) is 0 Å². The molecule has 0 rings (SSSR count). The monoisotopic (exact) mass is 162 g/mol. The molecule has 0 atom stereocenters. The molecule has 11 heavy (non-hydrogen) atoms. The van der Waals surface area contributed by atoms with Crippen molar-refractivity contribution < 1.29 is 4.74 Å². The Morgan fingerprint density at radius 2 is 1.18 bits per heavy atom. The highest BCUT2D eigenvalue weighted by molar-refractivity contribution is 4.69. The van der Waals surface area contributed by atoms with E-state index in [0.29, 0.717) is 12.8 Å². The third-order valence-corrected chi connectivity index (χ3v) is 1.49. The maximum absolute atomic E-state index is 5.47. The summed E-state index contributed by atoms with van der Waals surface area (Å²) < 4.78 is 5.03. The summed E-state index contributed by atoms with van der Waals surface area (Å²) in [6.07, 6.45) is 0.923. The lowest BCUT2D eigenvalue weighted by Crippen LogP contribution is -2.63. The maximum Gasteiger partial charge on any atom is 0.173 e. The predicted octanol–water partition coefficient (Wildman–Crippen LogP) is -1.03. The Morgan fingerprint density at radius 3 is 1.36 bits per heavy atom. The Hall–Kier alpha value is -0.200. The van der Waals surface area contributed by atoms with Gasteiger partial charge in [0.25, 0.3) is 0 Å². The minimum absolute atomic E-state index is 0.461. The van der Waals surface area contributed by atoms with Gasteiger partial charge < -0.3 is 4.74 Å². The van der Waals surface area contributed by atoms with Crippen molar-refractivity contribution >= 4 is 0 Å². The molecule has 0 bridgehead atoms. The van der Waals surface area contributed by atoms with E-state index in [9.17, 15) is 0 Å². The fourth-order valence-corrected chi connectivity index (χ4v) is 0.498. The summed E-state index contributed by atoms with van der Waals surface area (Å²) in [4.78, 5) is 0. The van der Waals surface area contributed by atoms with Crippen LogP contribution in [0.4, 0.5) is 0 Å². The van der Waals surface area contributed by atoms with Gasteiger partial charge in [0, 0.05) is 12.8 Å². The van der Waals surface area contributed by atoms with Gasteiger partial charge in [-0.2, -0.15) is 0 Å². The molecule has 0 aromatic rings. The lowest BCUT2D eigenvalue weighted by Gasteiger charge is -2.33. The molecule has 0 fully saturated rings. The van der Waals surface area contributed by atoms with E-state index in [-0.39, 0.29) is 0 Å². The van der Waals surface area contributed by atoms with Crippen LogP contribution in [0.1, 0.15) is 26.7 Å². The Labute approximate surface area is 67.0 Å². The zero-order chi connectivity index (χ0) is 9.12. The van der Waals surface area contributed by atoms with Crippen molar-refractivity contribution in [1.82, 2.24) is 0 Å². The van der Waals surface area contributed by atoms with Crippen LogP contribution in [0, 0.1) is 0 Å². The van der Waals surface area contributed by atoms with Gasteiger partial charge in [-0.05, 0) is 0 Å². The minimum atomic E-state index is -1.22. The second-order valence-electron chi connectivity index (χ2n) is 2.72. The number of ether oxygens (including phenoxy) is 1. The number of hydrogen-bond donors (Lipinski definition) is 4. The molecule has 0 aliphatic carbocycles. The van der Waals surface area contributed by atoms with Gasteiger partial charge in [-0.1, -0.05) is 13.8 Å². The Morgan fingerprint density at radius 1 is 0.909 bits per heavy atom. The first-order valence-electron chi connectivity index (χ1n) is 3.68. The highest BCUT2D eigenvalue weighted by Crippen LogP contribution is 2.08. The summed E-state index contributed by atoms with van der Waals surface area (Å²) >= 11 is 0. The van der Waals surface area contributed by atoms with Crippen molar-refractivity contribution in [2.45, 2.75) is 38.4 Å². The Bertz CT molecular complexity index is 110. The molecule has 5 heteroatoms. The van der Waals surface area contributed by atoms with Crippen molar-refractivity contribution in [3.8, 4) is 0 Å². The van der Waals surface area contributed by atoms with E-state index in [2.05, 4.69) is 0 Å². The number of hydrogen-bond acceptors (Lipinski definition) is 5. The third-order valence-electron chi connectivity index (χ3n) is 1.49. The molecule has 0 saturated heterocycles. The maximum atomic E-state index is 5.47. The molecule has 0 aromatic carbocycles. The van der Waals surface area contributed by atoms with Gasteiger partial charge in [-0.3, -0.25) is 22.9 Å². The second-order valence-corrected chi connectivity index (χ2v) is 2.72. The summed E-state index contributed by atoms with van der Waals surface area (Å²) in [7, 11) is 0. The van der Waals surface area contributed by atoms with Crippen molar-refractivity contribution in [3.05, 3.63) is 0 Å². The molecule has 0 spiro atoms. The topological polar surface area (TPSA) is 113 Å². The number of rotatable bonds is 4. The van der Waals surface area contributed by atoms with Crippen LogP contribution in [-0.4, -0.2) is 11.7 Å². The van der Waals surface area contributed by atoms with Crippen LogP contribution in [0.25, 0.3) is 0 Å². The molecule has 0 radical (unpaired) electrons. The highest BCUT2D eigenvalue weighted by atomic mass is 16.6. The van der Waals surface area contributed by atoms with Crippen LogP contribution >= 0.6 is 0 Å².